The van der Waals surface area contributed by atoms with Gasteiger partial charge in [0, 0.05) is 13.2 Å². The predicted molar refractivity (Wildman–Crippen MR) is 51.3 cm³/mol. The smallest absolute Gasteiger partial charge is 0.0590 e. The van der Waals surface area contributed by atoms with Crippen molar-refractivity contribution in [2.75, 3.05) is 26.3 Å². The van der Waals surface area contributed by atoms with E-state index in [-0.39, 0.29) is 0 Å². The van der Waals surface area contributed by atoms with Gasteiger partial charge in [0.05, 0.1) is 6.61 Å². The highest BCUT2D eigenvalue weighted by Crippen LogP contribution is 2.23. The Morgan fingerprint density at radius 1 is 1.33 bits per heavy atom. The molecule has 0 radical (unpaired) electrons. The summed E-state index contributed by atoms with van der Waals surface area (Å²) in [6.45, 7) is 5.96. The van der Waals surface area contributed by atoms with Crippen LogP contribution in [0, 0.1) is 5.92 Å². The topological polar surface area (TPSA) is 21.3 Å². The third-order valence-corrected chi connectivity index (χ3v) is 2.54. The largest absolute Gasteiger partial charge is 0.380 e. The molecule has 0 aliphatic heterocycles. The maximum absolute atomic E-state index is 5.24. The number of ether oxygens (including phenoxy) is 1. The minimum absolute atomic E-state index is 0.838. The molecule has 1 aliphatic rings. The maximum Gasteiger partial charge on any atom is 0.0590 e. The maximum atomic E-state index is 5.24. The monoisotopic (exact) mass is 171 g/mol. The van der Waals surface area contributed by atoms with Gasteiger partial charge < -0.3 is 10.1 Å². The lowest BCUT2D eigenvalue weighted by Gasteiger charge is -2.09. The van der Waals surface area contributed by atoms with Gasteiger partial charge in [-0.25, -0.2) is 0 Å². The molecular formula is C10H21NO. The Morgan fingerprint density at radius 2 is 2.08 bits per heavy atom. The number of rotatable bonds is 6. The van der Waals surface area contributed by atoms with Crippen LogP contribution in [-0.2, 0) is 4.74 Å². The molecule has 0 aromatic heterocycles. The third kappa shape index (κ3) is 4.07. The van der Waals surface area contributed by atoms with E-state index in [9.17, 15) is 0 Å². The number of nitrogens with one attached hydrogen (secondary N) is 1. The molecule has 0 amide bonds. The molecule has 1 aliphatic carbocycles. The molecule has 0 heterocycles. The Kier molecular flexibility index (Phi) is 5.37. The average Bonchev–Trinajstić information content (AvgIpc) is 2.57. The van der Waals surface area contributed by atoms with Crippen molar-refractivity contribution in [1.82, 2.24) is 5.32 Å². The minimum Gasteiger partial charge on any atom is -0.380 e. The number of hydrogen-bond acceptors (Lipinski definition) is 2. The molecule has 0 aromatic carbocycles. The Hall–Kier alpha value is -0.0800. The van der Waals surface area contributed by atoms with Gasteiger partial charge in [0.2, 0.25) is 0 Å². The molecule has 2 nitrogen and oxygen atoms in total. The number of hydrogen-bond donors (Lipinski definition) is 1. The molecule has 1 N–H and O–H groups in total. The summed E-state index contributed by atoms with van der Waals surface area (Å²) < 4.78 is 5.24. The zero-order chi connectivity index (χ0) is 8.65. The molecule has 0 bridgehead atoms. The molecule has 0 aromatic rings. The summed E-state index contributed by atoms with van der Waals surface area (Å²) in [6, 6.07) is 0. The minimum atomic E-state index is 0.838. The van der Waals surface area contributed by atoms with Crippen LogP contribution in [0.1, 0.15) is 32.6 Å². The summed E-state index contributed by atoms with van der Waals surface area (Å²) in [4.78, 5) is 0. The van der Waals surface area contributed by atoms with Gasteiger partial charge >= 0.3 is 0 Å². The Morgan fingerprint density at radius 3 is 2.75 bits per heavy atom. The second-order valence-corrected chi connectivity index (χ2v) is 3.55. The standard InChI is InChI=1S/C10H21NO/c1-2-12-8-7-11-9-10-5-3-4-6-10/h10-11H,2-9H2,1H3. The predicted octanol–water partition coefficient (Wildman–Crippen LogP) is 1.80. The summed E-state index contributed by atoms with van der Waals surface area (Å²) in [6.07, 6.45) is 5.75. The fourth-order valence-corrected chi connectivity index (χ4v) is 1.81. The highest BCUT2D eigenvalue weighted by Gasteiger charge is 2.13. The van der Waals surface area contributed by atoms with Crippen molar-refractivity contribution in [1.29, 1.82) is 0 Å². The second-order valence-electron chi connectivity index (χ2n) is 3.55. The highest BCUT2D eigenvalue weighted by molar-refractivity contribution is 4.69. The van der Waals surface area contributed by atoms with Gasteiger partial charge in [0.15, 0.2) is 0 Å². The average molecular weight is 171 g/mol. The molecule has 0 spiro atoms. The normalized spacial score (nSPS) is 18.8. The zero-order valence-electron chi connectivity index (χ0n) is 8.14. The quantitative estimate of drug-likeness (QED) is 0.615. The Labute approximate surface area is 75.7 Å². The van der Waals surface area contributed by atoms with E-state index in [2.05, 4.69) is 5.32 Å². The lowest BCUT2D eigenvalue weighted by Crippen LogP contribution is -2.25. The van der Waals surface area contributed by atoms with E-state index in [0.29, 0.717) is 0 Å². The van der Waals surface area contributed by atoms with Gasteiger partial charge in [0.1, 0.15) is 0 Å². The van der Waals surface area contributed by atoms with Crippen LogP contribution in [0.3, 0.4) is 0 Å². The first kappa shape index (κ1) is 10.0. The van der Waals surface area contributed by atoms with Crippen molar-refractivity contribution >= 4 is 0 Å². The van der Waals surface area contributed by atoms with Crippen LogP contribution in [0.15, 0.2) is 0 Å². The van der Waals surface area contributed by atoms with Crippen molar-refractivity contribution in [3.05, 3.63) is 0 Å². The van der Waals surface area contributed by atoms with Gasteiger partial charge in [-0.1, -0.05) is 12.8 Å². The lowest BCUT2D eigenvalue weighted by molar-refractivity contribution is 0.148. The van der Waals surface area contributed by atoms with Crippen molar-refractivity contribution < 1.29 is 4.74 Å². The van der Waals surface area contributed by atoms with Gasteiger partial charge in [-0.3, -0.25) is 0 Å². The van der Waals surface area contributed by atoms with Gasteiger partial charge in [-0.2, -0.15) is 0 Å². The first-order valence-electron chi connectivity index (χ1n) is 5.22. The van der Waals surface area contributed by atoms with Crippen LogP contribution >= 0.6 is 0 Å². The molecule has 0 atom stereocenters. The summed E-state index contributed by atoms with van der Waals surface area (Å²) >= 11 is 0. The second kappa shape index (κ2) is 6.44. The Balaban J connectivity index is 1.81. The molecule has 0 unspecified atom stereocenters. The summed E-state index contributed by atoms with van der Waals surface area (Å²) in [5, 5.41) is 3.44. The van der Waals surface area contributed by atoms with Gasteiger partial charge in [-0.05, 0) is 32.2 Å². The van der Waals surface area contributed by atoms with Gasteiger partial charge in [0.25, 0.3) is 0 Å². The molecule has 1 rings (SSSR count). The third-order valence-electron chi connectivity index (χ3n) is 2.54. The van der Waals surface area contributed by atoms with Crippen molar-refractivity contribution in [3.63, 3.8) is 0 Å². The summed E-state index contributed by atoms with van der Waals surface area (Å²) in [5.41, 5.74) is 0. The van der Waals surface area contributed by atoms with Crippen LogP contribution < -0.4 is 5.32 Å². The Bertz CT molecular complexity index is 100. The van der Waals surface area contributed by atoms with E-state index < -0.39 is 0 Å². The van der Waals surface area contributed by atoms with Crippen LogP contribution in [-0.4, -0.2) is 26.3 Å². The summed E-state index contributed by atoms with van der Waals surface area (Å²) in [7, 11) is 0. The highest BCUT2D eigenvalue weighted by atomic mass is 16.5. The molecule has 1 fully saturated rings. The molecular weight excluding hydrogens is 150 g/mol. The summed E-state index contributed by atoms with van der Waals surface area (Å²) in [5.74, 6) is 0.951. The van der Waals surface area contributed by atoms with Crippen molar-refractivity contribution in [2.24, 2.45) is 5.92 Å². The fraction of sp³-hybridized carbons (Fsp3) is 1.00. The lowest BCUT2D eigenvalue weighted by atomic mass is 10.1. The molecule has 0 saturated heterocycles. The van der Waals surface area contributed by atoms with Crippen molar-refractivity contribution in [3.8, 4) is 0 Å². The SMILES string of the molecule is CCOCCNCC1CCCC1. The van der Waals surface area contributed by atoms with Crippen LogP contribution in [0.5, 0.6) is 0 Å². The van der Waals surface area contributed by atoms with Crippen LogP contribution in [0.4, 0.5) is 0 Å². The molecule has 12 heavy (non-hydrogen) atoms. The molecule has 72 valence electrons. The van der Waals surface area contributed by atoms with E-state index in [1.54, 1.807) is 0 Å². The van der Waals surface area contributed by atoms with E-state index >= 15 is 0 Å². The van der Waals surface area contributed by atoms with Gasteiger partial charge in [-0.15, -0.1) is 0 Å². The molecule has 2 heteroatoms. The van der Waals surface area contributed by atoms with E-state index in [0.717, 1.165) is 25.7 Å². The van der Waals surface area contributed by atoms with E-state index in [1.807, 2.05) is 6.92 Å². The first-order valence-corrected chi connectivity index (χ1v) is 5.22. The van der Waals surface area contributed by atoms with Crippen LogP contribution in [0.25, 0.3) is 0 Å². The fourth-order valence-electron chi connectivity index (χ4n) is 1.81. The van der Waals surface area contributed by atoms with Crippen molar-refractivity contribution in [2.45, 2.75) is 32.6 Å². The van der Waals surface area contributed by atoms with E-state index in [1.165, 1.54) is 32.2 Å². The first-order chi connectivity index (χ1) is 5.93. The van der Waals surface area contributed by atoms with E-state index in [4.69, 9.17) is 4.74 Å². The molecule has 1 saturated carbocycles. The zero-order valence-corrected chi connectivity index (χ0v) is 8.14. The van der Waals surface area contributed by atoms with Crippen LogP contribution in [0.2, 0.25) is 0 Å².